The van der Waals surface area contributed by atoms with Gasteiger partial charge in [0, 0.05) is 12.6 Å². The fraction of sp³-hybridized carbons (Fsp3) is 0.364. The second-order valence-electron chi connectivity index (χ2n) is 3.48. The van der Waals surface area contributed by atoms with Crippen LogP contribution in [0, 0.1) is 23.0 Å². The van der Waals surface area contributed by atoms with Crippen molar-refractivity contribution in [1.29, 1.82) is 5.26 Å². The number of rotatable bonds is 4. The van der Waals surface area contributed by atoms with Crippen LogP contribution < -0.4 is 5.32 Å². The molecule has 1 unspecified atom stereocenters. The Hall–Kier alpha value is -1.67. The second-order valence-corrected chi connectivity index (χ2v) is 3.48. The molecule has 0 bridgehead atoms. The van der Waals surface area contributed by atoms with Crippen LogP contribution >= 0.6 is 0 Å². The molecule has 0 aliphatic rings. The van der Waals surface area contributed by atoms with E-state index in [0.717, 1.165) is 12.1 Å². The number of nitrogens with zero attached hydrogens (tertiary/aromatic N) is 1. The van der Waals surface area contributed by atoms with Gasteiger partial charge in [-0.2, -0.15) is 5.26 Å². The van der Waals surface area contributed by atoms with Gasteiger partial charge in [-0.05, 0) is 25.5 Å². The van der Waals surface area contributed by atoms with Crippen molar-refractivity contribution in [3.8, 4) is 6.07 Å². The summed E-state index contributed by atoms with van der Waals surface area (Å²) in [4.78, 5) is 0. The van der Waals surface area contributed by atoms with E-state index in [9.17, 15) is 8.78 Å². The van der Waals surface area contributed by atoms with E-state index in [0.29, 0.717) is 6.42 Å². The highest BCUT2D eigenvalue weighted by Crippen LogP contribution is 2.21. The van der Waals surface area contributed by atoms with Gasteiger partial charge >= 0.3 is 0 Å². The first-order valence-electron chi connectivity index (χ1n) is 4.85. The number of halogens is 2. The van der Waals surface area contributed by atoms with Gasteiger partial charge in [0.2, 0.25) is 0 Å². The van der Waals surface area contributed by atoms with Crippen LogP contribution in [0.5, 0.6) is 0 Å². The maximum absolute atomic E-state index is 13.4. The number of anilines is 1. The summed E-state index contributed by atoms with van der Waals surface area (Å²) in [7, 11) is 0. The number of benzene rings is 1. The van der Waals surface area contributed by atoms with E-state index in [1.165, 1.54) is 0 Å². The van der Waals surface area contributed by atoms with Crippen molar-refractivity contribution >= 4 is 5.69 Å². The Kier molecular flexibility index (Phi) is 4.20. The van der Waals surface area contributed by atoms with Gasteiger partial charge < -0.3 is 10.4 Å². The highest BCUT2D eigenvalue weighted by Gasteiger charge is 2.13. The first-order chi connectivity index (χ1) is 7.58. The van der Waals surface area contributed by atoms with Crippen LogP contribution in [0.15, 0.2) is 12.1 Å². The van der Waals surface area contributed by atoms with Crippen LogP contribution in [0.1, 0.15) is 18.9 Å². The zero-order valence-electron chi connectivity index (χ0n) is 8.80. The number of nitriles is 1. The molecule has 16 heavy (non-hydrogen) atoms. The summed E-state index contributed by atoms with van der Waals surface area (Å²) in [6, 6.07) is 3.36. The van der Waals surface area contributed by atoms with Crippen molar-refractivity contribution in [3.05, 3.63) is 29.3 Å². The quantitative estimate of drug-likeness (QED) is 0.825. The Morgan fingerprint density at radius 2 is 2.00 bits per heavy atom. The molecule has 0 amide bonds. The van der Waals surface area contributed by atoms with Gasteiger partial charge in [-0.15, -0.1) is 0 Å². The lowest BCUT2D eigenvalue weighted by Gasteiger charge is -2.15. The average molecular weight is 226 g/mol. The summed E-state index contributed by atoms with van der Waals surface area (Å²) in [6.07, 6.45) is 0.388. The third-order valence-corrected chi connectivity index (χ3v) is 2.12. The van der Waals surface area contributed by atoms with Gasteiger partial charge in [-0.25, -0.2) is 8.78 Å². The standard InChI is InChI=1S/C11H12F2N2O/c1-7(2-3-16)15-11-9(12)4-8(6-14)5-10(11)13/h4-5,7,15-16H,2-3H2,1H3. The smallest absolute Gasteiger partial charge is 0.150 e. The molecule has 0 radical (unpaired) electrons. The lowest BCUT2D eigenvalue weighted by molar-refractivity contribution is 0.282. The Labute approximate surface area is 92.3 Å². The van der Waals surface area contributed by atoms with Gasteiger partial charge in [-0.1, -0.05) is 0 Å². The maximum Gasteiger partial charge on any atom is 0.150 e. The normalized spacial score (nSPS) is 11.9. The topological polar surface area (TPSA) is 56.0 Å². The van der Waals surface area contributed by atoms with Crippen molar-refractivity contribution in [3.63, 3.8) is 0 Å². The van der Waals surface area contributed by atoms with Gasteiger partial charge in [0.15, 0.2) is 11.6 Å². The summed E-state index contributed by atoms with van der Waals surface area (Å²) in [5.41, 5.74) is -0.324. The Balaban J connectivity index is 2.93. The minimum atomic E-state index is -0.804. The fourth-order valence-corrected chi connectivity index (χ4v) is 1.29. The molecule has 2 N–H and O–H groups in total. The lowest BCUT2D eigenvalue weighted by atomic mass is 10.1. The molecule has 0 saturated carbocycles. The fourth-order valence-electron chi connectivity index (χ4n) is 1.29. The molecule has 0 saturated heterocycles. The highest BCUT2D eigenvalue weighted by atomic mass is 19.1. The number of aliphatic hydroxyl groups excluding tert-OH is 1. The predicted molar refractivity (Wildman–Crippen MR) is 55.9 cm³/mol. The van der Waals surface area contributed by atoms with Gasteiger partial charge in [0.05, 0.1) is 11.6 Å². The van der Waals surface area contributed by atoms with Crippen molar-refractivity contribution in [1.82, 2.24) is 0 Å². The van der Waals surface area contributed by atoms with Crippen molar-refractivity contribution in [2.75, 3.05) is 11.9 Å². The molecule has 0 spiro atoms. The number of aliphatic hydroxyl groups is 1. The van der Waals surface area contributed by atoms with Crippen LogP contribution in [-0.4, -0.2) is 17.8 Å². The summed E-state index contributed by atoms with van der Waals surface area (Å²) in [5, 5.41) is 19.8. The summed E-state index contributed by atoms with van der Waals surface area (Å²) in [6.45, 7) is 1.64. The first-order valence-corrected chi connectivity index (χ1v) is 4.85. The van der Waals surface area contributed by atoms with E-state index in [1.54, 1.807) is 13.0 Å². The molecular weight excluding hydrogens is 214 g/mol. The second kappa shape index (κ2) is 5.42. The van der Waals surface area contributed by atoms with Gasteiger partial charge in [0.1, 0.15) is 5.69 Å². The molecule has 0 aliphatic carbocycles. The van der Waals surface area contributed by atoms with Gasteiger partial charge in [-0.3, -0.25) is 0 Å². The van der Waals surface area contributed by atoms with Gasteiger partial charge in [0.25, 0.3) is 0 Å². The summed E-state index contributed by atoms with van der Waals surface area (Å²) < 4.78 is 26.8. The van der Waals surface area contributed by atoms with Crippen molar-refractivity contribution in [2.45, 2.75) is 19.4 Å². The summed E-state index contributed by atoms with van der Waals surface area (Å²) in [5.74, 6) is -1.61. The molecule has 5 heteroatoms. The van der Waals surface area contributed by atoms with Crippen LogP contribution in [0.4, 0.5) is 14.5 Å². The predicted octanol–water partition coefficient (Wildman–Crippen LogP) is 2.02. The molecule has 1 aromatic carbocycles. The van der Waals surface area contributed by atoms with Crippen LogP contribution in [-0.2, 0) is 0 Å². The molecule has 1 aromatic rings. The Morgan fingerprint density at radius 3 is 2.44 bits per heavy atom. The van der Waals surface area contributed by atoms with E-state index in [2.05, 4.69) is 5.32 Å². The first kappa shape index (κ1) is 12.4. The van der Waals surface area contributed by atoms with Crippen molar-refractivity contribution in [2.24, 2.45) is 0 Å². The zero-order valence-corrected chi connectivity index (χ0v) is 8.80. The van der Waals surface area contributed by atoms with Crippen molar-refractivity contribution < 1.29 is 13.9 Å². The zero-order chi connectivity index (χ0) is 12.1. The Bertz CT molecular complexity index is 392. The van der Waals surface area contributed by atoms with E-state index >= 15 is 0 Å². The Morgan fingerprint density at radius 1 is 1.44 bits per heavy atom. The van der Waals surface area contributed by atoms with Crippen LogP contribution in [0.2, 0.25) is 0 Å². The third-order valence-electron chi connectivity index (χ3n) is 2.12. The number of nitrogens with one attached hydrogen (secondary N) is 1. The molecule has 1 rings (SSSR count). The third kappa shape index (κ3) is 2.91. The monoisotopic (exact) mass is 226 g/mol. The van der Waals surface area contributed by atoms with Crippen LogP contribution in [0.3, 0.4) is 0 Å². The average Bonchev–Trinajstić information content (AvgIpc) is 2.23. The molecular formula is C11H12F2N2O. The molecule has 0 aliphatic heterocycles. The van der Waals surface area contributed by atoms with E-state index in [1.807, 2.05) is 0 Å². The van der Waals surface area contributed by atoms with E-state index < -0.39 is 11.6 Å². The summed E-state index contributed by atoms with van der Waals surface area (Å²) >= 11 is 0. The lowest BCUT2D eigenvalue weighted by Crippen LogP contribution is -2.18. The molecule has 0 heterocycles. The molecule has 1 atom stereocenters. The van der Waals surface area contributed by atoms with Crippen LogP contribution in [0.25, 0.3) is 0 Å². The minimum Gasteiger partial charge on any atom is -0.396 e. The molecule has 0 fully saturated rings. The number of hydrogen-bond acceptors (Lipinski definition) is 3. The molecule has 86 valence electrons. The van der Waals surface area contributed by atoms with E-state index in [4.69, 9.17) is 10.4 Å². The van der Waals surface area contributed by atoms with E-state index in [-0.39, 0.29) is 23.9 Å². The largest absolute Gasteiger partial charge is 0.396 e. The SMILES string of the molecule is CC(CCO)Nc1c(F)cc(C#N)cc1F. The highest BCUT2D eigenvalue weighted by molar-refractivity contribution is 5.50. The molecule has 3 nitrogen and oxygen atoms in total. The number of hydrogen-bond donors (Lipinski definition) is 2. The molecule has 0 aromatic heterocycles. The minimum absolute atomic E-state index is 0.0599. The maximum atomic E-state index is 13.4.